The molecule has 4 rings (SSSR count). The van der Waals surface area contributed by atoms with Crippen LogP contribution in [0.3, 0.4) is 0 Å². The van der Waals surface area contributed by atoms with E-state index in [4.69, 9.17) is 14.2 Å². The minimum atomic E-state index is -0.557. The van der Waals surface area contributed by atoms with Gasteiger partial charge >= 0.3 is 0 Å². The van der Waals surface area contributed by atoms with Crippen molar-refractivity contribution in [2.24, 2.45) is 0 Å². The van der Waals surface area contributed by atoms with E-state index in [1.165, 1.54) is 12.5 Å². The van der Waals surface area contributed by atoms with Gasteiger partial charge in [0, 0.05) is 20.0 Å². The van der Waals surface area contributed by atoms with Crippen molar-refractivity contribution in [3.05, 3.63) is 59.7 Å². The first-order valence-corrected chi connectivity index (χ1v) is 10.9. The molecule has 0 spiro atoms. The number of hydrogen-bond acceptors (Lipinski definition) is 5. The van der Waals surface area contributed by atoms with Gasteiger partial charge in [-0.3, -0.25) is 9.59 Å². The minimum absolute atomic E-state index is 0.0559. The van der Waals surface area contributed by atoms with Crippen molar-refractivity contribution >= 4 is 11.8 Å². The van der Waals surface area contributed by atoms with Crippen LogP contribution in [0.25, 0.3) is 0 Å². The van der Waals surface area contributed by atoms with E-state index in [9.17, 15) is 9.59 Å². The molecular formula is C25H30N2O5. The van der Waals surface area contributed by atoms with Gasteiger partial charge in [-0.15, -0.1) is 0 Å². The van der Waals surface area contributed by atoms with E-state index in [-0.39, 0.29) is 18.4 Å². The van der Waals surface area contributed by atoms with Crippen LogP contribution in [0.1, 0.15) is 30.9 Å². The van der Waals surface area contributed by atoms with Crippen LogP contribution in [0, 0.1) is 6.92 Å². The molecule has 170 valence electrons. The molecule has 2 aromatic carbocycles. The highest BCUT2D eigenvalue weighted by molar-refractivity contribution is 5.81. The highest BCUT2D eigenvalue weighted by atomic mass is 16.5. The Morgan fingerprint density at radius 3 is 2.34 bits per heavy atom. The Bertz CT molecular complexity index is 978. The number of amides is 2. The van der Waals surface area contributed by atoms with E-state index in [2.05, 4.69) is 24.4 Å². The Balaban J connectivity index is 1.36. The van der Waals surface area contributed by atoms with E-state index < -0.39 is 11.1 Å². The number of nitrogens with one attached hydrogen (secondary N) is 1. The largest absolute Gasteiger partial charge is 0.497 e. The van der Waals surface area contributed by atoms with Crippen molar-refractivity contribution in [1.29, 1.82) is 0 Å². The Morgan fingerprint density at radius 1 is 1.06 bits per heavy atom. The number of rotatable bonds is 9. The summed E-state index contributed by atoms with van der Waals surface area (Å²) in [6.07, 6.45) is 1.73. The van der Waals surface area contributed by atoms with Gasteiger partial charge in [0.25, 0.3) is 5.91 Å². The van der Waals surface area contributed by atoms with E-state index in [0.717, 1.165) is 24.2 Å². The number of carbonyl (C=O) groups excluding carboxylic acids is 2. The van der Waals surface area contributed by atoms with Gasteiger partial charge in [0.05, 0.1) is 19.3 Å². The average molecular weight is 439 g/mol. The second kappa shape index (κ2) is 8.82. The van der Waals surface area contributed by atoms with Crippen molar-refractivity contribution in [2.45, 2.75) is 44.4 Å². The molecule has 1 saturated heterocycles. The van der Waals surface area contributed by atoms with Gasteiger partial charge in [-0.2, -0.15) is 0 Å². The summed E-state index contributed by atoms with van der Waals surface area (Å²) in [7, 11) is 1.60. The third kappa shape index (κ3) is 4.58. The van der Waals surface area contributed by atoms with E-state index >= 15 is 0 Å². The molecule has 2 aromatic rings. The molecule has 0 aromatic heterocycles. The number of ether oxygens (including phenoxy) is 3. The van der Waals surface area contributed by atoms with Gasteiger partial charge in [0.15, 0.2) is 6.61 Å². The van der Waals surface area contributed by atoms with Crippen LogP contribution in [0.4, 0.5) is 0 Å². The van der Waals surface area contributed by atoms with Crippen LogP contribution in [0.15, 0.2) is 48.5 Å². The fourth-order valence-corrected chi connectivity index (χ4v) is 4.41. The maximum absolute atomic E-state index is 12.7. The SMILES string of the molecule is COc1ccc(OCC(=O)N2CC(NC(C)=O)(C3(OCc4cccc(C)c4)CC3)C2)cc1. The molecule has 7 heteroatoms. The van der Waals surface area contributed by atoms with Crippen molar-refractivity contribution in [1.82, 2.24) is 10.2 Å². The van der Waals surface area contributed by atoms with Gasteiger partial charge in [-0.25, -0.2) is 0 Å². The Morgan fingerprint density at radius 2 is 1.75 bits per heavy atom. The van der Waals surface area contributed by atoms with Crippen molar-refractivity contribution in [3.8, 4) is 11.5 Å². The van der Waals surface area contributed by atoms with E-state index in [1.807, 2.05) is 12.1 Å². The van der Waals surface area contributed by atoms with Gasteiger partial charge in [-0.1, -0.05) is 29.8 Å². The summed E-state index contributed by atoms with van der Waals surface area (Å²) >= 11 is 0. The predicted octanol–water partition coefficient (Wildman–Crippen LogP) is 2.85. The zero-order valence-corrected chi connectivity index (χ0v) is 18.8. The standard InChI is InChI=1S/C25H30N2O5/c1-18-5-4-6-20(13-18)14-32-25(11-12-25)24(26-19(2)28)16-27(17-24)23(29)15-31-22-9-7-21(30-3)8-10-22/h4-10,13H,11-12,14-17H2,1-3H3,(H,26,28). The number of likely N-dealkylation sites (tertiary alicyclic amines) is 1. The van der Waals surface area contributed by atoms with E-state index in [0.29, 0.717) is 25.4 Å². The molecule has 1 heterocycles. The summed E-state index contributed by atoms with van der Waals surface area (Å²) in [6.45, 7) is 4.84. The maximum Gasteiger partial charge on any atom is 0.260 e. The van der Waals surface area contributed by atoms with Crippen LogP contribution in [0.2, 0.25) is 0 Å². The van der Waals surface area contributed by atoms with Crippen LogP contribution < -0.4 is 14.8 Å². The number of aryl methyl sites for hydroxylation is 1. The number of benzene rings is 2. The third-order valence-electron chi connectivity index (χ3n) is 6.29. The number of carbonyl (C=O) groups is 2. The molecule has 2 aliphatic rings. The van der Waals surface area contributed by atoms with Gasteiger partial charge in [0.1, 0.15) is 17.0 Å². The van der Waals surface area contributed by atoms with Crippen LogP contribution in [-0.2, 0) is 20.9 Å². The molecule has 0 atom stereocenters. The van der Waals surface area contributed by atoms with Crippen LogP contribution in [0.5, 0.6) is 11.5 Å². The topological polar surface area (TPSA) is 77.1 Å². The summed E-state index contributed by atoms with van der Waals surface area (Å²) < 4.78 is 17.1. The normalized spacial score (nSPS) is 17.8. The van der Waals surface area contributed by atoms with Crippen LogP contribution >= 0.6 is 0 Å². The molecule has 1 aliphatic heterocycles. The number of hydrogen-bond donors (Lipinski definition) is 1. The lowest BCUT2D eigenvalue weighted by atomic mass is 9.81. The van der Waals surface area contributed by atoms with Crippen molar-refractivity contribution in [2.75, 3.05) is 26.8 Å². The second-order valence-corrected chi connectivity index (χ2v) is 8.75. The number of nitrogens with zero attached hydrogens (tertiary/aromatic N) is 1. The van der Waals surface area contributed by atoms with Gasteiger partial charge < -0.3 is 24.4 Å². The first-order valence-electron chi connectivity index (χ1n) is 10.9. The zero-order valence-electron chi connectivity index (χ0n) is 18.8. The molecule has 32 heavy (non-hydrogen) atoms. The predicted molar refractivity (Wildman–Crippen MR) is 120 cm³/mol. The average Bonchev–Trinajstić information content (AvgIpc) is 3.54. The molecule has 7 nitrogen and oxygen atoms in total. The third-order valence-corrected chi connectivity index (χ3v) is 6.29. The fraction of sp³-hybridized carbons (Fsp3) is 0.440. The van der Waals surface area contributed by atoms with Crippen molar-refractivity contribution < 1.29 is 23.8 Å². The summed E-state index contributed by atoms with van der Waals surface area (Å²) in [5, 5.41) is 3.10. The maximum atomic E-state index is 12.7. The lowest BCUT2D eigenvalue weighted by Crippen LogP contribution is -2.77. The molecule has 2 amide bonds. The first-order chi connectivity index (χ1) is 15.3. The lowest BCUT2D eigenvalue weighted by Gasteiger charge is -2.54. The van der Waals surface area contributed by atoms with Crippen molar-refractivity contribution in [3.63, 3.8) is 0 Å². The summed E-state index contributed by atoms with van der Waals surface area (Å²) in [5.41, 5.74) is 1.30. The quantitative estimate of drug-likeness (QED) is 0.652. The summed E-state index contributed by atoms with van der Waals surface area (Å²) in [5.74, 6) is 1.10. The fourth-order valence-electron chi connectivity index (χ4n) is 4.41. The molecule has 0 radical (unpaired) electrons. The second-order valence-electron chi connectivity index (χ2n) is 8.75. The number of methoxy groups -OCH3 is 1. The van der Waals surface area contributed by atoms with E-state index in [1.54, 1.807) is 36.3 Å². The molecule has 0 unspecified atom stereocenters. The Kier molecular flexibility index (Phi) is 6.11. The zero-order chi connectivity index (χ0) is 22.8. The van der Waals surface area contributed by atoms with Gasteiger partial charge in [0.2, 0.25) is 5.91 Å². The summed E-state index contributed by atoms with van der Waals surface area (Å²) in [4.78, 5) is 26.4. The summed E-state index contributed by atoms with van der Waals surface area (Å²) in [6, 6.07) is 15.3. The molecule has 1 N–H and O–H groups in total. The smallest absolute Gasteiger partial charge is 0.260 e. The molecule has 2 fully saturated rings. The monoisotopic (exact) mass is 438 g/mol. The lowest BCUT2D eigenvalue weighted by molar-refractivity contribution is -0.159. The highest BCUT2D eigenvalue weighted by Gasteiger charge is 2.66. The Hall–Kier alpha value is -3.06. The molecule has 0 bridgehead atoms. The molecule has 1 saturated carbocycles. The highest BCUT2D eigenvalue weighted by Crippen LogP contribution is 2.52. The first kappa shape index (κ1) is 22.1. The van der Waals surface area contributed by atoms with Gasteiger partial charge in [-0.05, 0) is 49.6 Å². The Labute approximate surface area is 188 Å². The minimum Gasteiger partial charge on any atom is -0.497 e. The van der Waals surface area contributed by atoms with Crippen LogP contribution in [-0.4, -0.2) is 54.7 Å². The molecular weight excluding hydrogens is 408 g/mol. The molecule has 1 aliphatic carbocycles.